The van der Waals surface area contributed by atoms with E-state index in [1.54, 1.807) is 24.1 Å². The summed E-state index contributed by atoms with van der Waals surface area (Å²) in [6, 6.07) is 3.40. The van der Waals surface area contributed by atoms with Gasteiger partial charge in [-0.05, 0) is 51.2 Å². The normalized spacial score (nSPS) is 41.4. The predicted molar refractivity (Wildman–Crippen MR) is 119 cm³/mol. The van der Waals surface area contributed by atoms with Crippen molar-refractivity contribution in [3.05, 3.63) is 24.2 Å². The molecule has 2 saturated carbocycles. The lowest BCUT2D eigenvalue weighted by molar-refractivity contribution is -0.270. The average Bonchev–Trinajstić information content (AvgIpc) is 3.42. The van der Waals surface area contributed by atoms with E-state index in [1.165, 1.54) is 6.26 Å². The molecule has 1 amide bonds. The molecular formula is C25H36N2O6. The zero-order chi connectivity index (χ0) is 23.4. The minimum absolute atomic E-state index is 0.0223. The number of amides is 1. The maximum atomic E-state index is 12.9. The van der Waals surface area contributed by atoms with Gasteiger partial charge in [-0.3, -0.25) is 14.5 Å². The zero-order valence-electron chi connectivity index (χ0n) is 19.9. The van der Waals surface area contributed by atoms with Crippen molar-refractivity contribution in [1.29, 1.82) is 0 Å². The predicted octanol–water partition coefficient (Wildman–Crippen LogP) is 2.32. The fraction of sp³-hybridized carbons (Fsp3) is 0.760. The monoisotopic (exact) mass is 460 g/mol. The molecular weight excluding hydrogens is 424 g/mol. The Balaban J connectivity index is 1.27. The fourth-order valence-electron chi connectivity index (χ4n) is 7.06. The highest BCUT2D eigenvalue weighted by atomic mass is 16.6. The van der Waals surface area contributed by atoms with Crippen LogP contribution in [-0.4, -0.2) is 83.9 Å². The van der Waals surface area contributed by atoms with Gasteiger partial charge in [-0.1, -0.05) is 6.92 Å². The molecule has 33 heavy (non-hydrogen) atoms. The van der Waals surface area contributed by atoms with Crippen molar-refractivity contribution in [3.63, 3.8) is 0 Å². The molecule has 5 rings (SSSR count). The largest absolute Gasteiger partial charge is 0.462 e. The molecule has 182 valence electrons. The molecule has 0 unspecified atom stereocenters. The van der Waals surface area contributed by atoms with Crippen LogP contribution in [0.25, 0.3) is 0 Å². The smallest absolute Gasteiger partial charge is 0.310 e. The van der Waals surface area contributed by atoms with Crippen LogP contribution in [0.15, 0.2) is 22.8 Å². The molecule has 0 aromatic carbocycles. The molecule has 2 aliphatic heterocycles. The summed E-state index contributed by atoms with van der Waals surface area (Å²) in [5, 5.41) is 12.1. The summed E-state index contributed by atoms with van der Waals surface area (Å²) in [5.74, 6) is -0.170. The summed E-state index contributed by atoms with van der Waals surface area (Å²) in [6.45, 7) is 7.34. The maximum absolute atomic E-state index is 12.9. The van der Waals surface area contributed by atoms with Crippen LogP contribution in [0.5, 0.6) is 0 Å². The molecule has 1 aromatic rings. The number of piperazine rings is 1. The van der Waals surface area contributed by atoms with Gasteiger partial charge in [0.25, 0.3) is 5.91 Å². The lowest BCUT2D eigenvalue weighted by atomic mass is 9.49. The summed E-state index contributed by atoms with van der Waals surface area (Å²) in [5.41, 5.74) is -1.95. The van der Waals surface area contributed by atoms with E-state index >= 15 is 0 Å². The van der Waals surface area contributed by atoms with Crippen LogP contribution in [0.4, 0.5) is 0 Å². The first-order chi connectivity index (χ1) is 15.7. The average molecular weight is 461 g/mol. The van der Waals surface area contributed by atoms with Crippen LogP contribution in [0, 0.1) is 17.3 Å². The second kappa shape index (κ2) is 8.10. The number of ether oxygens (including phenoxy) is 2. The van der Waals surface area contributed by atoms with E-state index in [2.05, 4.69) is 11.8 Å². The topological polar surface area (TPSA) is 92.5 Å². The minimum atomic E-state index is -0.992. The molecule has 1 aromatic heterocycles. The number of hydrogen-bond donors (Lipinski definition) is 1. The molecule has 2 saturated heterocycles. The molecule has 3 heterocycles. The number of aliphatic hydroxyl groups is 1. The third kappa shape index (κ3) is 3.53. The van der Waals surface area contributed by atoms with Crippen LogP contribution < -0.4 is 0 Å². The number of furan rings is 1. The van der Waals surface area contributed by atoms with Crippen LogP contribution in [-0.2, 0) is 14.3 Å². The first-order valence-electron chi connectivity index (χ1n) is 12.2. The second-order valence-electron chi connectivity index (χ2n) is 10.9. The lowest BCUT2D eigenvalue weighted by Gasteiger charge is -2.62. The summed E-state index contributed by atoms with van der Waals surface area (Å²) in [4.78, 5) is 29.5. The Kier molecular flexibility index (Phi) is 5.61. The van der Waals surface area contributed by atoms with Crippen molar-refractivity contribution in [2.45, 2.75) is 63.3 Å². The van der Waals surface area contributed by atoms with Gasteiger partial charge < -0.3 is 23.9 Å². The standard InChI is InChI=1S/C25H36N2O6/c1-23-7-5-8-24(2,31-3)25(23,30)14-17-18(22(29)33-20(17)15-23)16-26-9-11-27(12-10-26)21(28)19-6-4-13-32-19/h4,6,13,17-18,20,30H,5,7-12,14-16H2,1-3H3/t17-,18+,20-,23-,24-,25+/m1/s1. The third-order valence-electron chi connectivity index (χ3n) is 9.30. The number of methoxy groups -OCH3 is 1. The highest BCUT2D eigenvalue weighted by molar-refractivity contribution is 5.91. The molecule has 6 atom stereocenters. The molecule has 2 aliphatic carbocycles. The van der Waals surface area contributed by atoms with E-state index in [1.807, 2.05) is 6.92 Å². The Morgan fingerprint density at radius 3 is 2.64 bits per heavy atom. The van der Waals surface area contributed by atoms with Gasteiger partial charge >= 0.3 is 5.97 Å². The van der Waals surface area contributed by atoms with Gasteiger partial charge in [-0.2, -0.15) is 0 Å². The Morgan fingerprint density at radius 2 is 1.97 bits per heavy atom. The van der Waals surface area contributed by atoms with Gasteiger partial charge in [-0.15, -0.1) is 0 Å². The van der Waals surface area contributed by atoms with Crippen molar-refractivity contribution in [2.24, 2.45) is 17.3 Å². The molecule has 1 N–H and O–H groups in total. The highest BCUT2D eigenvalue weighted by Gasteiger charge is 2.67. The minimum Gasteiger partial charge on any atom is -0.462 e. The van der Waals surface area contributed by atoms with E-state index in [9.17, 15) is 14.7 Å². The number of rotatable bonds is 4. The number of fused-ring (bicyclic) bond motifs is 2. The first-order valence-corrected chi connectivity index (χ1v) is 12.2. The van der Waals surface area contributed by atoms with Gasteiger partial charge in [0.15, 0.2) is 5.76 Å². The van der Waals surface area contributed by atoms with Gasteiger partial charge in [0, 0.05) is 51.2 Å². The van der Waals surface area contributed by atoms with Crippen LogP contribution in [0.2, 0.25) is 0 Å². The summed E-state index contributed by atoms with van der Waals surface area (Å²) in [7, 11) is 1.69. The molecule has 8 nitrogen and oxygen atoms in total. The van der Waals surface area contributed by atoms with Crippen LogP contribution >= 0.6 is 0 Å². The summed E-state index contributed by atoms with van der Waals surface area (Å²) in [6.07, 6.45) is 5.30. The number of hydrogen-bond acceptors (Lipinski definition) is 7. The van der Waals surface area contributed by atoms with E-state index in [0.29, 0.717) is 51.3 Å². The molecule has 8 heteroatoms. The van der Waals surface area contributed by atoms with E-state index < -0.39 is 11.2 Å². The molecule has 0 radical (unpaired) electrons. The Bertz CT molecular complexity index is 897. The Labute approximate surface area is 195 Å². The van der Waals surface area contributed by atoms with Crippen molar-refractivity contribution in [2.75, 3.05) is 39.8 Å². The van der Waals surface area contributed by atoms with Crippen molar-refractivity contribution in [3.8, 4) is 0 Å². The zero-order valence-corrected chi connectivity index (χ0v) is 19.9. The third-order valence-corrected chi connectivity index (χ3v) is 9.30. The number of carbonyl (C=O) groups excluding carboxylic acids is 2. The second-order valence-corrected chi connectivity index (χ2v) is 10.9. The van der Waals surface area contributed by atoms with E-state index in [-0.39, 0.29) is 35.2 Å². The van der Waals surface area contributed by atoms with E-state index in [4.69, 9.17) is 13.9 Å². The van der Waals surface area contributed by atoms with Gasteiger partial charge in [0.2, 0.25) is 0 Å². The molecule has 4 fully saturated rings. The van der Waals surface area contributed by atoms with Gasteiger partial charge in [0.1, 0.15) is 6.10 Å². The highest BCUT2D eigenvalue weighted by Crippen LogP contribution is 2.61. The van der Waals surface area contributed by atoms with E-state index in [0.717, 1.165) is 19.3 Å². The Morgan fingerprint density at radius 1 is 1.21 bits per heavy atom. The van der Waals surface area contributed by atoms with Crippen molar-refractivity contribution >= 4 is 11.9 Å². The van der Waals surface area contributed by atoms with Crippen LogP contribution in [0.1, 0.15) is 56.5 Å². The Hall–Kier alpha value is -1.90. The SMILES string of the molecule is CO[C@]1(C)CCC[C@]2(C)C[C@H]3OC(=O)[C@@H](CN4CCN(C(=O)c5ccco5)CC4)[C@H]3C[C@]21O. The number of carbonyl (C=O) groups is 2. The van der Waals surface area contributed by atoms with Gasteiger partial charge in [0.05, 0.1) is 23.4 Å². The lowest BCUT2D eigenvalue weighted by Crippen LogP contribution is -2.69. The number of nitrogens with zero attached hydrogens (tertiary/aromatic N) is 2. The van der Waals surface area contributed by atoms with Crippen LogP contribution in [0.3, 0.4) is 0 Å². The molecule has 0 spiro atoms. The molecule has 4 aliphatic rings. The van der Waals surface area contributed by atoms with Crippen molar-refractivity contribution < 1.29 is 28.6 Å². The van der Waals surface area contributed by atoms with Gasteiger partial charge in [-0.25, -0.2) is 0 Å². The first kappa shape index (κ1) is 22.9. The quantitative estimate of drug-likeness (QED) is 0.690. The molecule has 0 bridgehead atoms. The number of esters is 1. The summed E-state index contributed by atoms with van der Waals surface area (Å²) >= 11 is 0. The maximum Gasteiger partial charge on any atom is 0.310 e. The summed E-state index contributed by atoms with van der Waals surface area (Å²) < 4.78 is 17.0. The van der Waals surface area contributed by atoms with Crippen molar-refractivity contribution in [1.82, 2.24) is 9.80 Å². The fourth-order valence-corrected chi connectivity index (χ4v) is 7.06.